The first kappa shape index (κ1) is 12.4. The lowest BCUT2D eigenvalue weighted by molar-refractivity contribution is 0.0914. The predicted molar refractivity (Wildman–Crippen MR) is 62.2 cm³/mol. The van der Waals surface area contributed by atoms with Gasteiger partial charge in [0.15, 0.2) is 0 Å². The lowest BCUT2D eigenvalue weighted by Gasteiger charge is -2.20. The van der Waals surface area contributed by atoms with Crippen LogP contribution in [0.4, 0.5) is 0 Å². The summed E-state index contributed by atoms with van der Waals surface area (Å²) in [5.41, 5.74) is 6.21. The largest absolute Gasteiger partial charge is 0.298 e. The molecule has 0 aromatic heterocycles. The number of hydrogen-bond donors (Lipinski definition) is 2. The Morgan fingerprint density at radius 1 is 1.31 bits per heavy atom. The Balaban J connectivity index is 2.69. The number of aldehydes is 1. The number of hydrazine groups is 1. The summed E-state index contributed by atoms with van der Waals surface area (Å²) in [4.78, 5) is 22.2. The van der Waals surface area contributed by atoms with Crippen LogP contribution in [0.25, 0.3) is 0 Å². The van der Waals surface area contributed by atoms with Crippen molar-refractivity contribution < 1.29 is 9.59 Å². The molecule has 4 heteroatoms. The van der Waals surface area contributed by atoms with Gasteiger partial charge in [0.1, 0.15) is 6.29 Å². The summed E-state index contributed by atoms with van der Waals surface area (Å²) < 4.78 is 0. The fourth-order valence-electron chi connectivity index (χ4n) is 1.07. The Hall–Kier alpha value is -1.68. The molecule has 0 aliphatic carbocycles. The van der Waals surface area contributed by atoms with Gasteiger partial charge in [0, 0.05) is 16.7 Å². The number of nitrogens with one attached hydrogen (secondary N) is 2. The molecule has 0 aliphatic rings. The van der Waals surface area contributed by atoms with Crippen molar-refractivity contribution in [1.82, 2.24) is 10.9 Å². The van der Waals surface area contributed by atoms with Gasteiger partial charge in [-0.1, -0.05) is 12.1 Å². The molecule has 86 valence electrons. The van der Waals surface area contributed by atoms with Crippen LogP contribution in [0, 0.1) is 0 Å². The second kappa shape index (κ2) is 4.90. The number of amides is 1. The van der Waals surface area contributed by atoms with E-state index in [0.29, 0.717) is 17.4 Å². The molecule has 0 radical (unpaired) electrons. The quantitative estimate of drug-likeness (QED) is 0.600. The lowest BCUT2D eigenvalue weighted by Crippen LogP contribution is -2.48. The normalized spacial score (nSPS) is 10.9. The fourth-order valence-corrected chi connectivity index (χ4v) is 1.07. The highest BCUT2D eigenvalue weighted by molar-refractivity contribution is 5.95. The van der Waals surface area contributed by atoms with Crippen LogP contribution in [0.1, 0.15) is 41.5 Å². The Labute approximate surface area is 95.0 Å². The van der Waals surface area contributed by atoms with Gasteiger partial charge in [-0.3, -0.25) is 15.0 Å². The van der Waals surface area contributed by atoms with E-state index in [1.807, 2.05) is 20.8 Å². The fraction of sp³-hybridized carbons (Fsp3) is 0.333. The summed E-state index contributed by atoms with van der Waals surface area (Å²) in [6.45, 7) is 5.82. The van der Waals surface area contributed by atoms with Gasteiger partial charge in [-0.05, 0) is 32.9 Å². The maximum absolute atomic E-state index is 11.7. The Bertz CT molecular complexity index is 394. The second-order valence-corrected chi connectivity index (χ2v) is 4.57. The van der Waals surface area contributed by atoms with E-state index in [1.54, 1.807) is 24.3 Å². The van der Waals surface area contributed by atoms with Crippen LogP contribution in [0.5, 0.6) is 0 Å². The third kappa shape index (κ3) is 3.82. The summed E-state index contributed by atoms with van der Waals surface area (Å²) in [7, 11) is 0. The van der Waals surface area contributed by atoms with Gasteiger partial charge in [0.25, 0.3) is 5.91 Å². The second-order valence-electron chi connectivity index (χ2n) is 4.57. The molecule has 0 spiro atoms. The minimum absolute atomic E-state index is 0.196. The first-order valence-electron chi connectivity index (χ1n) is 5.05. The molecule has 2 N–H and O–H groups in total. The molecular weight excluding hydrogens is 204 g/mol. The van der Waals surface area contributed by atoms with Gasteiger partial charge in [0.05, 0.1) is 0 Å². The molecule has 1 amide bonds. The van der Waals surface area contributed by atoms with Crippen molar-refractivity contribution in [3.8, 4) is 0 Å². The minimum Gasteiger partial charge on any atom is -0.298 e. The zero-order valence-corrected chi connectivity index (χ0v) is 9.70. The molecule has 0 aliphatic heterocycles. The molecule has 0 saturated heterocycles. The standard InChI is InChI=1S/C12H16N2O2/c1-12(2,3)14-13-11(16)10-6-4-5-9(7-10)8-15/h4-8,14H,1-3H3,(H,13,16). The molecule has 0 saturated carbocycles. The Morgan fingerprint density at radius 3 is 2.56 bits per heavy atom. The molecule has 1 aromatic carbocycles. The summed E-state index contributed by atoms with van der Waals surface area (Å²) in [5, 5.41) is 0. The van der Waals surface area contributed by atoms with Gasteiger partial charge < -0.3 is 0 Å². The molecule has 1 aromatic rings. The predicted octanol–water partition coefficient (Wildman–Crippen LogP) is 1.53. The van der Waals surface area contributed by atoms with Crippen LogP contribution < -0.4 is 10.9 Å². The lowest BCUT2D eigenvalue weighted by atomic mass is 10.1. The molecule has 0 fully saturated rings. The van der Waals surface area contributed by atoms with E-state index in [2.05, 4.69) is 10.9 Å². The van der Waals surface area contributed by atoms with Crippen molar-refractivity contribution in [3.05, 3.63) is 35.4 Å². The number of benzene rings is 1. The van der Waals surface area contributed by atoms with Gasteiger partial charge >= 0.3 is 0 Å². The maximum Gasteiger partial charge on any atom is 0.265 e. The average molecular weight is 220 g/mol. The highest BCUT2D eigenvalue weighted by Crippen LogP contribution is 2.03. The SMILES string of the molecule is CC(C)(C)NNC(=O)c1cccc(C=O)c1. The molecule has 0 bridgehead atoms. The number of rotatable bonds is 3. The van der Waals surface area contributed by atoms with Crippen LogP contribution in [-0.4, -0.2) is 17.7 Å². The van der Waals surface area contributed by atoms with Crippen LogP contribution in [0.2, 0.25) is 0 Å². The van der Waals surface area contributed by atoms with Gasteiger partial charge in [0.2, 0.25) is 0 Å². The monoisotopic (exact) mass is 220 g/mol. The van der Waals surface area contributed by atoms with E-state index in [9.17, 15) is 9.59 Å². The highest BCUT2D eigenvalue weighted by Gasteiger charge is 2.11. The van der Waals surface area contributed by atoms with Crippen molar-refractivity contribution in [2.45, 2.75) is 26.3 Å². The summed E-state index contributed by atoms with van der Waals surface area (Å²) in [5.74, 6) is -0.251. The van der Waals surface area contributed by atoms with Crippen LogP contribution in [-0.2, 0) is 0 Å². The van der Waals surface area contributed by atoms with Crippen molar-refractivity contribution in [1.29, 1.82) is 0 Å². The average Bonchev–Trinajstić information content (AvgIpc) is 2.25. The van der Waals surface area contributed by atoms with Gasteiger partial charge in [-0.15, -0.1) is 0 Å². The van der Waals surface area contributed by atoms with E-state index in [1.165, 1.54) is 0 Å². The Morgan fingerprint density at radius 2 is 2.00 bits per heavy atom. The van der Waals surface area contributed by atoms with Gasteiger partial charge in [-0.25, -0.2) is 5.43 Å². The van der Waals surface area contributed by atoms with E-state index < -0.39 is 0 Å². The smallest absolute Gasteiger partial charge is 0.265 e. The first-order valence-corrected chi connectivity index (χ1v) is 5.05. The van der Waals surface area contributed by atoms with E-state index >= 15 is 0 Å². The zero-order chi connectivity index (χ0) is 12.2. The van der Waals surface area contributed by atoms with Crippen LogP contribution in [0.3, 0.4) is 0 Å². The molecule has 0 atom stereocenters. The summed E-state index contributed by atoms with van der Waals surface area (Å²) >= 11 is 0. The van der Waals surface area contributed by atoms with Crippen LogP contribution in [0.15, 0.2) is 24.3 Å². The minimum atomic E-state index is -0.251. The van der Waals surface area contributed by atoms with Crippen molar-refractivity contribution in [2.75, 3.05) is 0 Å². The van der Waals surface area contributed by atoms with Crippen molar-refractivity contribution >= 4 is 12.2 Å². The maximum atomic E-state index is 11.7. The molecule has 0 unspecified atom stereocenters. The van der Waals surface area contributed by atoms with Crippen molar-refractivity contribution in [3.63, 3.8) is 0 Å². The molecule has 4 nitrogen and oxygen atoms in total. The topological polar surface area (TPSA) is 58.2 Å². The third-order valence-electron chi connectivity index (χ3n) is 1.84. The molecule has 0 heterocycles. The molecular formula is C12H16N2O2. The summed E-state index contributed by atoms with van der Waals surface area (Å²) in [6.07, 6.45) is 0.716. The Kier molecular flexibility index (Phi) is 3.79. The number of hydrogen-bond acceptors (Lipinski definition) is 3. The van der Waals surface area contributed by atoms with Crippen molar-refractivity contribution in [2.24, 2.45) is 0 Å². The first-order chi connectivity index (χ1) is 7.42. The zero-order valence-electron chi connectivity index (χ0n) is 9.70. The van der Waals surface area contributed by atoms with Crippen LogP contribution >= 0.6 is 0 Å². The number of carbonyl (C=O) groups excluding carboxylic acids is 2. The molecule has 1 rings (SSSR count). The van der Waals surface area contributed by atoms with E-state index in [0.717, 1.165) is 0 Å². The third-order valence-corrected chi connectivity index (χ3v) is 1.84. The number of carbonyl (C=O) groups is 2. The summed E-state index contributed by atoms with van der Waals surface area (Å²) in [6, 6.07) is 6.54. The highest BCUT2D eigenvalue weighted by atomic mass is 16.2. The van der Waals surface area contributed by atoms with Gasteiger partial charge in [-0.2, -0.15) is 0 Å². The molecule has 16 heavy (non-hydrogen) atoms. The van der Waals surface area contributed by atoms with E-state index in [4.69, 9.17) is 0 Å². The van der Waals surface area contributed by atoms with E-state index in [-0.39, 0.29) is 11.4 Å².